The van der Waals surface area contributed by atoms with Crippen LogP contribution >= 0.6 is 0 Å². The van der Waals surface area contributed by atoms with Crippen LogP contribution in [0, 0.1) is 55.4 Å². The standard InChI is InChI=1S/2C40H48O8.C6H14N2.2CH4O.2H2O/c2*1-9-21-25-13-27(35(43)17(5)33(25)41)22(10-2)29-15-31(39(47)19(7)37(29)45)24(12-4)32-16-30(38(46)20(8)40(32)48)23(11-3)28-14-26(21)34(42)18(6)36(28)44;7-5-1-2-6(8)4-3-5;2*1-2;;/h2*13-16,21-24,41-48H,9-12H2,1-8H3;5-6H,1-4,7-8H2;2*2H,1H3;2*1H2/t2*21-,22+,23-,24+;;;;;. The molecule has 0 aliphatic heterocycles. The molecule has 26 N–H and O–H groups in total. The van der Waals surface area contributed by atoms with Gasteiger partial charge in [0.1, 0.15) is 80.5 Å². The summed E-state index contributed by atoms with van der Waals surface area (Å²) in [5.41, 5.74) is 16.8. The first-order chi connectivity index (χ1) is 51.1. The second kappa shape index (κ2) is 37.4. The number of phenolic OH excluding ortho intramolecular Hbond substituents is 14. The van der Waals surface area contributed by atoms with Gasteiger partial charge in [0, 0.05) is 199 Å². The number of aliphatic hydroxyl groups excluding tert-OH is 2. The fourth-order valence-electron chi connectivity index (χ4n) is 17.1. The summed E-state index contributed by atoms with van der Waals surface area (Å²) in [5.74, 6) is -7.44. The number of benzene rings is 8. The van der Waals surface area contributed by atoms with Gasteiger partial charge in [-0.3, -0.25) is 0 Å². The number of aliphatic hydroxyl groups is 2. The van der Waals surface area contributed by atoms with Gasteiger partial charge in [0.25, 0.3) is 0 Å². The third-order valence-corrected chi connectivity index (χ3v) is 23.7. The SMILES string of the molecule is CC[C@@H]1c2cc(c(O)c(C)c2O)[C@H](CC)c2cc(c(O)c(C)c2O)[C@H](CC)c2cc(c([O-])c(C)c2O)[C@H](CC)c2cc1c(O)c(C)c2O.CC[C@@H]1c2cc(c(O)c(C)c2O)[C@H](CC)c2cc(c(O)c(C)c2O)[C@H](CC)c2cc(c([O-])c(C)c2O)[C@H](CC)c2cc1c(O)c(C)c2O.CO.CO.O.O.[NH3+]C1CCC([NH3+])CC1. The number of hydrogen-bond donors (Lipinski definition) is 18. The molecule has 8 atom stereocenters. The van der Waals surface area contributed by atoms with Crippen LogP contribution in [-0.2, 0) is 0 Å². The summed E-state index contributed by atoms with van der Waals surface area (Å²) in [5, 5.41) is 203. The predicted octanol–water partition coefficient (Wildman–Crippen LogP) is 13.2. The van der Waals surface area contributed by atoms with E-state index in [0.717, 1.165) is 26.3 Å². The van der Waals surface area contributed by atoms with Crippen LogP contribution in [0.1, 0.15) is 313 Å². The number of fused-ring (bicyclic) bond motifs is 16. The van der Waals surface area contributed by atoms with E-state index in [1.54, 1.807) is 104 Å². The molecule has 3 aliphatic carbocycles. The van der Waals surface area contributed by atoms with Gasteiger partial charge >= 0.3 is 0 Å². The molecule has 3 aliphatic rings. The summed E-state index contributed by atoms with van der Waals surface area (Å²) < 4.78 is 0. The van der Waals surface area contributed by atoms with Gasteiger partial charge in [-0.2, -0.15) is 0 Å². The number of hydrogen-bond acceptors (Lipinski definition) is 18. The van der Waals surface area contributed by atoms with E-state index < -0.39 is 47.3 Å². The van der Waals surface area contributed by atoms with Crippen LogP contribution in [0.4, 0.5) is 0 Å². The second-order valence-corrected chi connectivity index (χ2v) is 29.6. The molecule has 0 spiro atoms. The van der Waals surface area contributed by atoms with Crippen LogP contribution in [0.2, 0.25) is 0 Å². The molecule has 0 aromatic heterocycles. The van der Waals surface area contributed by atoms with E-state index in [-0.39, 0.29) is 147 Å². The zero-order chi connectivity index (χ0) is 81.0. The highest BCUT2D eigenvalue weighted by Gasteiger charge is 2.38. The molecule has 604 valence electrons. The number of rotatable bonds is 8. The molecule has 0 heterocycles. The number of phenols is 14. The van der Waals surface area contributed by atoms with Crippen molar-refractivity contribution in [2.45, 2.75) is 247 Å². The van der Waals surface area contributed by atoms with Crippen molar-refractivity contribution in [1.29, 1.82) is 0 Å². The predicted molar refractivity (Wildman–Crippen MR) is 424 cm³/mol. The van der Waals surface area contributed by atoms with Crippen LogP contribution in [0.3, 0.4) is 0 Å². The van der Waals surface area contributed by atoms with Crippen molar-refractivity contribution in [3.05, 3.63) is 182 Å². The van der Waals surface area contributed by atoms with Gasteiger partial charge in [0.15, 0.2) is 0 Å². The number of quaternary nitrogens is 2. The lowest BCUT2D eigenvalue weighted by atomic mass is 9.76. The smallest absolute Gasteiger partial charge is 0.126 e. The largest absolute Gasteiger partial charge is 0.872 e. The van der Waals surface area contributed by atoms with Crippen molar-refractivity contribution in [2.24, 2.45) is 0 Å². The Bertz CT molecular complexity index is 3550. The molecule has 16 bridgehead atoms. The lowest BCUT2D eigenvalue weighted by Gasteiger charge is -2.32. The Balaban J connectivity index is 0.000000337. The van der Waals surface area contributed by atoms with Gasteiger partial charge in [-0.05, 0) is 165 Å². The van der Waals surface area contributed by atoms with Gasteiger partial charge in [-0.25, -0.2) is 0 Å². The average molecular weight is 1530 g/mol. The molecule has 1 fully saturated rings. The molecule has 8 aromatic carbocycles. The molecule has 0 radical (unpaired) electrons. The quantitative estimate of drug-likeness (QED) is 0.0672. The Labute approximate surface area is 646 Å². The molecule has 0 amide bonds. The Kier molecular flexibility index (Phi) is 30.9. The second-order valence-electron chi connectivity index (χ2n) is 29.6. The molecular formula is C88H122N2O20. The molecule has 0 unspecified atom stereocenters. The summed E-state index contributed by atoms with van der Waals surface area (Å²) in [4.78, 5) is 0. The van der Waals surface area contributed by atoms with Gasteiger partial charge in [-0.1, -0.05) is 79.0 Å². The Morgan fingerprint density at radius 2 is 0.327 bits per heavy atom. The molecule has 110 heavy (non-hydrogen) atoms. The van der Waals surface area contributed by atoms with E-state index in [9.17, 15) is 81.7 Å². The van der Waals surface area contributed by atoms with E-state index >= 15 is 0 Å². The molecule has 22 nitrogen and oxygen atoms in total. The molecule has 0 saturated heterocycles. The Hall–Kier alpha value is -9.68. The molecular weight excluding hydrogens is 1400 g/mol. The van der Waals surface area contributed by atoms with E-state index in [1.165, 1.54) is 25.7 Å². The molecule has 11 rings (SSSR count). The van der Waals surface area contributed by atoms with Crippen molar-refractivity contribution in [3.8, 4) is 92.0 Å². The van der Waals surface area contributed by atoms with Crippen LogP contribution in [-0.4, -0.2) is 119 Å². The Morgan fingerprint density at radius 3 is 0.445 bits per heavy atom. The van der Waals surface area contributed by atoms with Crippen molar-refractivity contribution < 1.29 is 114 Å². The highest BCUT2D eigenvalue weighted by Crippen LogP contribution is 2.58. The first-order valence-corrected chi connectivity index (χ1v) is 38.0. The molecule has 22 heteroatoms. The van der Waals surface area contributed by atoms with Crippen LogP contribution in [0.15, 0.2) is 48.5 Å². The monoisotopic (exact) mass is 1530 g/mol. The minimum absolute atomic E-state index is 0. The summed E-state index contributed by atoms with van der Waals surface area (Å²) >= 11 is 0. The zero-order valence-electron chi connectivity index (χ0n) is 67.3. The minimum Gasteiger partial charge on any atom is -0.872 e. The van der Waals surface area contributed by atoms with Crippen molar-refractivity contribution in [3.63, 3.8) is 0 Å². The van der Waals surface area contributed by atoms with Gasteiger partial charge in [0.2, 0.25) is 0 Å². The lowest BCUT2D eigenvalue weighted by molar-refractivity contribution is -0.460. The Morgan fingerprint density at radius 1 is 0.227 bits per heavy atom. The van der Waals surface area contributed by atoms with Gasteiger partial charge in [0.05, 0.1) is 12.1 Å². The van der Waals surface area contributed by atoms with Crippen molar-refractivity contribution in [2.75, 3.05) is 14.2 Å². The van der Waals surface area contributed by atoms with Gasteiger partial charge < -0.3 is 114 Å². The minimum atomic E-state index is -0.627. The van der Waals surface area contributed by atoms with Crippen molar-refractivity contribution in [1.82, 2.24) is 0 Å². The fourth-order valence-corrected chi connectivity index (χ4v) is 17.1. The van der Waals surface area contributed by atoms with Crippen LogP contribution in [0.25, 0.3) is 0 Å². The highest BCUT2D eigenvalue weighted by molar-refractivity contribution is 5.70. The van der Waals surface area contributed by atoms with Crippen molar-refractivity contribution >= 4 is 0 Å². The summed E-state index contributed by atoms with van der Waals surface area (Å²) in [7, 11) is 2.00. The topological polar surface area (TPSA) is 488 Å². The van der Waals surface area contributed by atoms with Crippen LogP contribution in [0.5, 0.6) is 92.0 Å². The van der Waals surface area contributed by atoms with E-state index in [4.69, 9.17) is 10.2 Å². The lowest BCUT2D eigenvalue weighted by Crippen LogP contribution is -2.68. The third kappa shape index (κ3) is 16.1. The van der Waals surface area contributed by atoms with Crippen LogP contribution < -0.4 is 21.7 Å². The van der Waals surface area contributed by atoms with E-state index in [0.29, 0.717) is 140 Å². The number of aromatic hydroxyl groups is 14. The highest BCUT2D eigenvalue weighted by atomic mass is 16.3. The normalized spacial score (nSPS) is 19.6. The van der Waals surface area contributed by atoms with E-state index in [2.05, 4.69) is 11.5 Å². The zero-order valence-corrected chi connectivity index (χ0v) is 67.3. The molecule has 8 aromatic rings. The summed E-state index contributed by atoms with van der Waals surface area (Å²) in [6.07, 6.45) is 8.61. The summed E-state index contributed by atoms with van der Waals surface area (Å²) in [6.45, 7) is 28.1. The summed E-state index contributed by atoms with van der Waals surface area (Å²) in [6, 6.07) is 15.1. The maximum absolute atomic E-state index is 13.9. The maximum Gasteiger partial charge on any atom is 0.126 e. The first kappa shape index (κ1) is 90.9. The third-order valence-electron chi connectivity index (χ3n) is 23.7. The first-order valence-electron chi connectivity index (χ1n) is 38.0. The molecule has 1 saturated carbocycles. The van der Waals surface area contributed by atoms with Gasteiger partial charge in [-0.15, -0.1) is 0 Å². The fraction of sp³-hybridized carbons (Fsp3) is 0.455. The average Bonchev–Trinajstić information content (AvgIpc) is 0.745. The van der Waals surface area contributed by atoms with E-state index in [1.807, 2.05) is 55.4 Å². The maximum atomic E-state index is 13.9.